The standard InChI is InChI=1S/2C2H5.Al.H2.H/c2*1-2;;;/h2*1H2,2H3;;1H;. The van der Waals surface area contributed by atoms with Gasteiger partial charge in [-0.05, 0) is 0 Å². The van der Waals surface area contributed by atoms with Gasteiger partial charge in [-0.1, -0.05) is 13.8 Å². The summed E-state index contributed by atoms with van der Waals surface area (Å²) in [5.74, 6) is 0. The lowest BCUT2D eigenvalue weighted by atomic mass is 10.9. The molecule has 0 aliphatic carbocycles. The summed E-state index contributed by atoms with van der Waals surface area (Å²) in [5.41, 5.74) is 0. The fourth-order valence-corrected chi connectivity index (χ4v) is 1.06. The molecule has 0 heterocycles. The van der Waals surface area contributed by atoms with E-state index in [1.165, 1.54) is 10.6 Å². The smallest absolute Gasteiger partial charge is 0.100 e. The molecule has 0 aliphatic heterocycles. The molecule has 32 valence electrons. The summed E-state index contributed by atoms with van der Waals surface area (Å²) in [4.78, 5) is 0. The van der Waals surface area contributed by atoms with E-state index < -0.39 is 0 Å². The molecule has 0 aromatic heterocycles. The molecule has 0 bridgehead atoms. The second kappa shape index (κ2) is 4.53. The Kier molecular flexibility index (Phi) is 5.02. The molecule has 0 spiro atoms. The molecular formula is C4H13Al. The molecule has 0 N–H and O–H groups in total. The summed E-state index contributed by atoms with van der Waals surface area (Å²) >= 11 is 0.432. The average molecular weight is 88.1 g/mol. The largest absolute Gasteiger partial charge is 0.236 e. The van der Waals surface area contributed by atoms with E-state index in [1.54, 1.807) is 0 Å². The van der Waals surface area contributed by atoms with E-state index in [2.05, 4.69) is 13.8 Å². The van der Waals surface area contributed by atoms with Crippen molar-refractivity contribution in [1.82, 2.24) is 0 Å². The van der Waals surface area contributed by atoms with Gasteiger partial charge in [-0.3, -0.25) is 0 Å². The van der Waals surface area contributed by atoms with Gasteiger partial charge in [0.05, 0.1) is 0 Å². The van der Waals surface area contributed by atoms with Crippen LogP contribution in [-0.2, 0) is 0 Å². The number of hydrogen-bond acceptors (Lipinski definition) is 0. The molecule has 0 radical (unpaired) electrons. The Morgan fingerprint density at radius 2 is 1.80 bits per heavy atom. The van der Waals surface area contributed by atoms with Crippen molar-refractivity contribution in [3.63, 3.8) is 0 Å². The molecule has 0 aliphatic rings. The first-order valence-electron chi connectivity index (χ1n) is 2.41. The third kappa shape index (κ3) is 4.53. The van der Waals surface area contributed by atoms with Crippen LogP contribution in [0.5, 0.6) is 0 Å². The van der Waals surface area contributed by atoms with Crippen molar-refractivity contribution in [2.24, 2.45) is 0 Å². The highest BCUT2D eigenvalue weighted by atomic mass is 27.1. The van der Waals surface area contributed by atoms with Gasteiger partial charge in [0.15, 0.2) is 0 Å². The summed E-state index contributed by atoms with van der Waals surface area (Å²) in [5, 5.41) is 2.97. The molecule has 0 saturated heterocycles. The minimum atomic E-state index is 0. The highest BCUT2D eigenvalue weighted by Crippen LogP contribution is 1.77. The minimum absolute atomic E-state index is 0. The van der Waals surface area contributed by atoms with Gasteiger partial charge in [0.1, 0.15) is 0 Å². The second-order valence-electron chi connectivity index (χ2n) is 1.35. The first-order chi connectivity index (χ1) is 2.41. The Bertz CT molecular complexity index is 15.0. The highest BCUT2D eigenvalue weighted by Gasteiger charge is 1.76. The molecule has 0 fully saturated rings. The average Bonchev–Trinajstić information content (AvgIpc) is 1.41. The van der Waals surface area contributed by atoms with Gasteiger partial charge in [-0.25, -0.2) is 0 Å². The molecule has 0 saturated carbocycles. The lowest BCUT2D eigenvalue weighted by molar-refractivity contribution is 1.36. The van der Waals surface area contributed by atoms with Crippen LogP contribution >= 0.6 is 0 Å². The Morgan fingerprint density at radius 3 is 1.80 bits per heavy atom. The zero-order valence-corrected chi connectivity index (χ0v) is 5.54. The number of rotatable bonds is 2. The van der Waals surface area contributed by atoms with Crippen LogP contribution in [0.2, 0.25) is 10.6 Å². The maximum Gasteiger partial charge on any atom is 0.236 e. The Labute approximate surface area is 41.8 Å². The SMILES string of the molecule is C[CH2][AlH][CH2]C.[HH]. The van der Waals surface area contributed by atoms with E-state index in [0.717, 1.165) is 0 Å². The van der Waals surface area contributed by atoms with Crippen LogP contribution in [0.25, 0.3) is 0 Å². The predicted molar refractivity (Wildman–Crippen MR) is 30.2 cm³/mol. The molecule has 0 aromatic rings. The van der Waals surface area contributed by atoms with Crippen molar-refractivity contribution in [3.8, 4) is 0 Å². The lowest BCUT2D eigenvalue weighted by Crippen LogP contribution is -1.76. The zero-order valence-electron chi connectivity index (χ0n) is 4.12. The third-order valence-electron chi connectivity index (χ3n) is 0.707. The molecular weight excluding hydrogens is 75.0 g/mol. The van der Waals surface area contributed by atoms with Gasteiger partial charge in [-0.15, -0.1) is 10.6 Å². The van der Waals surface area contributed by atoms with Crippen LogP contribution in [0, 0.1) is 0 Å². The van der Waals surface area contributed by atoms with Crippen LogP contribution in [0.1, 0.15) is 15.3 Å². The van der Waals surface area contributed by atoms with E-state index in [4.69, 9.17) is 0 Å². The highest BCUT2D eigenvalue weighted by molar-refractivity contribution is 6.34. The Balaban J connectivity index is 0. The van der Waals surface area contributed by atoms with Crippen molar-refractivity contribution in [1.29, 1.82) is 0 Å². The van der Waals surface area contributed by atoms with Gasteiger partial charge in [0, 0.05) is 1.43 Å². The van der Waals surface area contributed by atoms with Crippen molar-refractivity contribution >= 4 is 15.2 Å². The van der Waals surface area contributed by atoms with Crippen molar-refractivity contribution in [2.75, 3.05) is 0 Å². The van der Waals surface area contributed by atoms with Gasteiger partial charge in [0.25, 0.3) is 0 Å². The van der Waals surface area contributed by atoms with E-state index >= 15 is 0 Å². The van der Waals surface area contributed by atoms with Crippen molar-refractivity contribution in [3.05, 3.63) is 0 Å². The third-order valence-corrected chi connectivity index (χ3v) is 2.12. The summed E-state index contributed by atoms with van der Waals surface area (Å²) in [6.45, 7) is 4.55. The van der Waals surface area contributed by atoms with Crippen LogP contribution in [0.3, 0.4) is 0 Å². The predicted octanol–water partition coefficient (Wildman–Crippen LogP) is 1.55. The molecule has 0 atom stereocenters. The fourth-order valence-electron chi connectivity index (χ4n) is 0.354. The Morgan fingerprint density at radius 1 is 1.40 bits per heavy atom. The monoisotopic (exact) mass is 88.1 g/mol. The lowest BCUT2D eigenvalue weighted by Gasteiger charge is -1.73. The quantitative estimate of drug-likeness (QED) is 0.449. The van der Waals surface area contributed by atoms with Crippen LogP contribution in [0.15, 0.2) is 0 Å². The van der Waals surface area contributed by atoms with E-state index in [0.29, 0.717) is 15.2 Å². The van der Waals surface area contributed by atoms with Gasteiger partial charge in [-0.2, -0.15) is 0 Å². The summed E-state index contributed by atoms with van der Waals surface area (Å²) in [6, 6.07) is 0. The fraction of sp³-hybridized carbons (Fsp3) is 1.00. The number of hydrogen-bond donors (Lipinski definition) is 0. The van der Waals surface area contributed by atoms with Crippen LogP contribution in [0.4, 0.5) is 0 Å². The Hall–Kier alpha value is 0.532. The maximum atomic E-state index is 2.27. The van der Waals surface area contributed by atoms with Crippen LogP contribution < -0.4 is 0 Å². The molecule has 0 unspecified atom stereocenters. The normalized spacial score (nSPS) is 7.60. The first kappa shape index (κ1) is 5.53. The zero-order chi connectivity index (χ0) is 4.12. The molecule has 0 aromatic carbocycles. The first-order valence-corrected chi connectivity index (χ1v) is 4.41. The van der Waals surface area contributed by atoms with E-state index in [-0.39, 0.29) is 1.43 Å². The topological polar surface area (TPSA) is 0 Å². The van der Waals surface area contributed by atoms with E-state index in [1.807, 2.05) is 0 Å². The molecule has 0 nitrogen and oxygen atoms in total. The van der Waals surface area contributed by atoms with Gasteiger partial charge in [0.2, 0.25) is 15.2 Å². The molecule has 0 rings (SSSR count). The van der Waals surface area contributed by atoms with Gasteiger partial charge < -0.3 is 0 Å². The van der Waals surface area contributed by atoms with Gasteiger partial charge >= 0.3 is 0 Å². The summed E-state index contributed by atoms with van der Waals surface area (Å²) in [6.07, 6.45) is 0. The van der Waals surface area contributed by atoms with E-state index in [9.17, 15) is 0 Å². The van der Waals surface area contributed by atoms with Crippen molar-refractivity contribution in [2.45, 2.75) is 24.4 Å². The summed E-state index contributed by atoms with van der Waals surface area (Å²) < 4.78 is 0. The minimum Gasteiger partial charge on any atom is -0.100 e. The van der Waals surface area contributed by atoms with Crippen LogP contribution in [-0.4, -0.2) is 15.2 Å². The summed E-state index contributed by atoms with van der Waals surface area (Å²) in [7, 11) is 0. The van der Waals surface area contributed by atoms with Crippen molar-refractivity contribution < 1.29 is 1.43 Å². The molecule has 1 heteroatoms. The molecule has 5 heavy (non-hydrogen) atoms. The second-order valence-corrected chi connectivity index (χ2v) is 4.06. The molecule has 0 amide bonds. The maximum absolute atomic E-state index is 2.27.